The number of para-hydroxylation sites is 2. The standard InChI is InChI=1S/C21H28N2O8/c1-20(2)28-14-15(29-20)17-19(31-21(3,4)30-17)27-16(14)18(25)22-10-13(24)23-11-8-6-7-9-12(11)26-5/h6-9,14-17,19H,10H2,1-5H3,(H,22,25)(H,23,24)/t14-,15-,16+,17-,19+/m1/s1. The van der Waals surface area contributed by atoms with Gasteiger partial charge in [0.15, 0.2) is 24.0 Å². The number of hydrogen-bond donors (Lipinski definition) is 2. The van der Waals surface area contributed by atoms with Gasteiger partial charge in [-0.15, -0.1) is 0 Å². The van der Waals surface area contributed by atoms with Gasteiger partial charge >= 0.3 is 0 Å². The zero-order valence-electron chi connectivity index (χ0n) is 18.2. The molecule has 0 aromatic heterocycles. The summed E-state index contributed by atoms with van der Waals surface area (Å²) in [5.74, 6) is -2.18. The Kier molecular flexibility index (Phi) is 5.69. The number of carbonyl (C=O) groups is 2. The van der Waals surface area contributed by atoms with Crippen LogP contribution in [0.25, 0.3) is 0 Å². The van der Waals surface area contributed by atoms with Crippen LogP contribution in [0.2, 0.25) is 0 Å². The first-order valence-electron chi connectivity index (χ1n) is 10.2. The molecule has 2 amide bonds. The fraction of sp³-hybridized carbons (Fsp3) is 0.619. The molecule has 1 aromatic carbocycles. The van der Waals surface area contributed by atoms with Gasteiger partial charge in [0.25, 0.3) is 5.91 Å². The Morgan fingerprint density at radius 2 is 1.61 bits per heavy atom. The van der Waals surface area contributed by atoms with E-state index < -0.39 is 54.1 Å². The summed E-state index contributed by atoms with van der Waals surface area (Å²) in [5, 5.41) is 5.31. The third-order valence-corrected chi connectivity index (χ3v) is 5.22. The van der Waals surface area contributed by atoms with E-state index in [0.29, 0.717) is 11.4 Å². The number of carbonyl (C=O) groups excluding carboxylic acids is 2. The minimum Gasteiger partial charge on any atom is -0.495 e. The lowest BCUT2D eigenvalue weighted by Crippen LogP contribution is -2.59. The van der Waals surface area contributed by atoms with Crippen molar-refractivity contribution in [2.45, 2.75) is 70.0 Å². The van der Waals surface area contributed by atoms with Crippen LogP contribution >= 0.6 is 0 Å². The van der Waals surface area contributed by atoms with E-state index in [4.69, 9.17) is 28.4 Å². The highest BCUT2D eigenvalue weighted by Gasteiger charge is 2.62. The van der Waals surface area contributed by atoms with Crippen LogP contribution in [0.5, 0.6) is 5.75 Å². The summed E-state index contributed by atoms with van der Waals surface area (Å²) < 4.78 is 34.7. The SMILES string of the molecule is COc1ccccc1NC(=O)CNC(=O)[C@H]1O[C@H]2OC(C)(C)O[C@@H]2[C@@H]2OC(C)(C)O[C@H]21. The molecule has 3 heterocycles. The highest BCUT2D eigenvalue weighted by atomic mass is 16.9. The van der Waals surface area contributed by atoms with Gasteiger partial charge in [-0.05, 0) is 39.8 Å². The summed E-state index contributed by atoms with van der Waals surface area (Å²) in [6.45, 7) is 6.80. The Bertz CT molecular complexity index is 858. The molecule has 0 radical (unpaired) electrons. The van der Waals surface area contributed by atoms with E-state index in [-0.39, 0.29) is 6.54 Å². The number of rotatable bonds is 5. The van der Waals surface area contributed by atoms with Gasteiger partial charge in [-0.25, -0.2) is 0 Å². The van der Waals surface area contributed by atoms with Gasteiger partial charge in [0.2, 0.25) is 5.91 Å². The molecule has 0 unspecified atom stereocenters. The van der Waals surface area contributed by atoms with Crippen LogP contribution in [0.1, 0.15) is 27.7 Å². The van der Waals surface area contributed by atoms with Crippen molar-refractivity contribution in [3.63, 3.8) is 0 Å². The molecular formula is C21H28N2O8. The van der Waals surface area contributed by atoms with Crippen molar-refractivity contribution in [1.29, 1.82) is 0 Å². The van der Waals surface area contributed by atoms with Crippen LogP contribution in [0, 0.1) is 0 Å². The second-order valence-corrected chi connectivity index (χ2v) is 8.56. The van der Waals surface area contributed by atoms with Crippen molar-refractivity contribution < 1.29 is 38.0 Å². The first kappa shape index (κ1) is 22.0. The number of anilines is 1. The maximum atomic E-state index is 12.9. The van der Waals surface area contributed by atoms with Crippen LogP contribution in [0.4, 0.5) is 5.69 Å². The van der Waals surface area contributed by atoms with Crippen molar-refractivity contribution in [1.82, 2.24) is 5.32 Å². The highest BCUT2D eigenvalue weighted by molar-refractivity contribution is 5.96. The van der Waals surface area contributed by atoms with Gasteiger partial charge in [-0.2, -0.15) is 0 Å². The van der Waals surface area contributed by atoms with Gasteiger partial charge in [-0.3, -0.25) is 9.59 Å². The molecule has 170 valence electrons. The van der Waals surface area contributed by atoms with E-state index >= 15 is 0 Å². The van der Waals surface area contributed by atoms with E-state index in [1.165, 1.54) is 7.11 Å². The third kappa shape index (κ3) is 4.53. The summed E-state index contributed by atoms with van der Waals surface area (Å²) in [4.78, 5) is 25.3. The summed E-state index contributed by atoms with van der Waals surface area (Å²) in [7, 11) is 1.51. The van der Waals surface area contributed by atoms with Gasteiger partial charge < -0.3 is 39.1 Å². The van der Waals surface area contributed by atoms with Crippen molar-refractivity contribution in [3.8, 4) is 5.75 Å². The molecule has 0 spiro atoms. The maximum Gasteiger partial charge on any atom is 0.252 e. The van der Waals surface area contributed by atoms with E-state index in [1.807, 2.05) is 0 Å². The summed E-state index contributed by atoms with van der Waals surface area (Å²) in [5.41, 5.74) is 0.508. The van der Waals surface area contributed by atoms with E-state index in [2.05, 4.69) is 10.6 Å². The molecule has 2 N–H and O–H groups in total. The first-order chi connectivity index (χ1) is 14.6. The molecule has 31 heavy (non-hydrogen) atoms. The molecule has 5 atom stereocenters. The molecule has 3 aliphatic heterocycles. The predicted octanol–water partition coefficient (Wildman–Crippen LogP) is 1.15. The number of ether oxygens (including phenoxy) is 6. The van der Waals surface area contributed by atoms with Gasteiger partial charge in [0.05, 0.1) is 19.3 Å². The molecule has 3 saturated heterocycles. The van der Waals surface area contributed by atoms with Crippen LogP contribution in [-0.2, 0) is 33.3 Å². The smallest absolute Gasteiger partial charge is 0.252 e. The van der Waals surface area contributed by atoms with Crippen molar-refractivity contribution in [2.75, 3.05) is 19.0 Å². The maximum absolute atomic E-state index is 12.9. The first-order valence-corrected chi connectivity index (χ1v) is 10.2. The summed E-state index contributed by atoms with van der Waals surface area (Å²) >= 11 is 0. The Labute approximate surface area is 180 Å². The van der Waals surface area contributed by atoms with E-state index in [0.717, 1.165) is 0 Å². The monoisotopic (exact) mass is 436 g/mol. The Hall–Kier alpha value is -2.24. The molecular weight excluding hydrogens is 408 g/mol. The van der Waals surface area contributed by atoms with Crippen molar-refractivity contribution in [2.24, 2.45) is 0 Å². The minimum atomic E-state index is -1.02. The number of amides is 2. The average molecular weight is 436 g/mol. The topological polar surface area (TPSA) is 114 Å². The molecule has 10 heteroatoms. The van der Waals surface area contributed by atoms with Crippen LogP contribution in [0.3, 0.4) is 0 Å². The van der Waals surface area contributed by atoms with Crippen LogP contribution in [0.15, 0.2) is 24.3 Å². The lowest BCUT2D eigenvalue weighted by Gasteiger charge is -2.36. The number of hydrogen-bond acceptors (Lipinski definition) is 8. The van der Waals surface area contributed by atoms with Gasteiger partial charge in [0.1, 0.15) is 24.1 Å². The normalized spacial score (nSPS) is 32.6. The quantitative estimate of drug-likeness (QED) is 0.707. The largest absolute Gasteiger partial charge is 0.495 e. The molecule has 0 aliphatic carbocycles. The lowest BCUT2D eigenvalue weighted by atomic mass is 9.98. The van der Waals surface area contributed by atoms with Crippen molar-refractivity contribution in [3.05, 3.63) is 24.3 Å². The Morgan fingerprint density at radius 1 is 0.968 bits per heavy atom. The highest BCUT2D eigenvalue weighted by Crippen LogP contribution is 2.44. The van der Waals surface area contributed by atoms with Crippen LogP contribution in [-0.4, -0.2) is 67.7 Å². The second kappa shape index (κ2) is 8.03. The molecule has 0 bridgehead atoms. The number of fused-ring (bicyclic) bond motifs is 3. The van der Waals surface area contributed by atoms with Gasteiger partial charge in [0, 0.05) is 0 Å². The third-order valence-electron chi connectivity index (χ3n) is 5.22. The summed E-state index contributed by atoms with van der Waals surface area (Å²) in [6.07, 6.45) is -3.59. The minimum absolute atomic E-state index is 0.255. The lowest BCUT2D eigenvalue weighted by molar-refractivity contribution is -0.231. The van der Waals surface area contributed by atoms with Crippen LogP contribution < -0.4 is 15.4 Å². The zero-order valence-corrected chi connectivity index (χ0v) is 18.2. The Morgan fingerprint density at radius 3 is 2.35 bits per heavy atom. The average Bonchev–Trinajstić information content (AvgIpc) is 3.19. The van der Waals surface area contributed by atoms with Gasteiger partial charge in [-0.1, -0.05) is 12.1 Å². The zero-order chi connectivity index (χ0) is 22.4. The molecule has 0 saturated carbocycles. The molecule has 3 aliphatic rings. The fourth-order valence-corrected chi connectivity index (χ4v) is 4.03. The second-order valence-electron chi connectivity index (χ2n) is 8.56. The summed E-state index contributed by atoms with van der Waals surface area (Å²) in [6, 6.07) is 7.00. The number of nitrogens with one attached hydrogen (secondary N) is 2. The molecule has 4 rings (SSSR count). The predicted molar refractivity (Wildman–Crippen MR) is 107 cm³/mol. The molecule has 3 fully saturated rings. The molecule has 10 nitrogen and oxygen atoms in total. The molecule has 1 aromatic rings. The fourth-order valence-electron chi connectivity index (χ4n) is 4.03. The van der Waals surface area contributed by atoms with E-state index in [1.54, 1.807) is 52.0 Å². The Balaban J connectivity index is 1.41. The number of methoxy groups -OCH3 is 1. The number of benzene rings is 1. The van der Waals surface area contributed by atoms with E-state index in [9.17, 15) is 9.59 Å². The van der Waals surface area contributed by atoms with Crippen molar-refractivity contribution >= 4 is 17.5 Å².